The molecule has 0 saturated carbocycles. The van der Waals surface area contributed by atoms with Crippen molar-refractivity contribution in [1.82, 2.24) is 19.9 Å². The van der Waals surface area contributed by atoms with Gasteiger partial charge in [0.05, 0.1) is 22.8 Å². The second kappa shape index (κ2) is 14.1. The molecule has 0 atom stereocenters. The van der Waals surface area contributed by atoms with Gasteiger partial charge in [-0.15, -0.1) is 0 Å². The minimum atomic E-state index is 0. The van der Waals surface area contributed by atoms with Gasteiger partial charge in [0.15, 0.2) is 5.82 Å². The number of benzene rings is 5. The Morgan fingerprint density at radius 3 is 1.04 bits per heavy atom. The Morgan fingerprint density at radius 2 is 0.633 bits per heavy atom. The highest BCUT2D eigenvalue weighted by molar-refractivity contribution is 5.82. The SMILES string of the molecule is [B].c1ccc(-c2cc(-c3ccccc3)nc(-c3cc(-c4ccc(-c5ccccn5)cc4)cc(-c4ccc(-c5ccccn5)cc4)c3)n2)cc1. The van der Waals surface area contributed by atoms with Crippen molar-refractivity contribution in [2.75, 3.05) is 0 Å². The van der Waals surface area contributed by atoms with E-state index >= 15 is 0 Å². The van der Waals surface area contributed by atoms with Crippen LogP contribution in [-0.4, -0.2) is 28.3 Å². The highest BCUT2D eigenvalue weighted by Crippen LogP contribution is 2.35. The smallest absolute Gasteiger partial charge is 0.160 e. The van der Waals surface area contributed by atoms with Crippen molar-refractivity contribution in [2.45, 2.75) is 0 Å². The van der Waals surface area contributed by atoms with Gasteiger partial charge < -0.3 is 0 Å². The van der Waals surface area contributed by atoms with E-state index in [1.54, 1.807) is 0 Å². The predicted molar refractivity (Wildman–Crippen MR) is 201 cm³/mol. The highest BCUT2D eigenvalue weighted by atomic mass is 14.9. The van der Waals surface area contributed by atoms with Gasteiger partial charge in [-0.05, 0) is 70.8 Å². The standard InChI is InChI=1S/C44H30N4.B/c1-3-11-33(12-4-1)42-30-43(34-13-5-2-6-14-34)48-44(47-42)39-28-37(31-17-21-35(22-18-31)40-15-7-9-25-45-40)27-38(29-39)32-19-23-36(24-20-32)41-16-8-10-26-46-41;/h1-30H;. The van der Waals surface area contributed by atoms with E-state index in [-0.39, 0.29) is 8.41 Å². The molecule has 0 saturated heterocycles. The van der Waals surface area contributed by atoms with E-state index < -0.39 is 0 Å². The lowest BCUT2D eigenvalue weighted by Crippen LogP contribution is -1.97. The molecule has 3 aromatic heterocycles. The summed E-state index contributed by atoms with van der Waals surface area (Å²) < 4.78 is 0. The maximum Gasteiger partial charge on any atom is 0.160 e. The maximum absolute atomic E-state index is 5.15. The lowest BCUT2D eigenvalue weighted by Gasteiger charge is -2.13. The molecule has 0 amide bonds. The molecule has 8 rings (SSSR count). The van der Waals surface area contributed by atoms with Gasteiger partial charge in [-0.3, -0.25) is 9.97 Å². The normalized spacial score (nSPS) is 10.7. The summed E-state index contributed by atoms with van der Waals surface area (Å²) in [5.41, 5.74) is 13.2. The number of nitrogens with zero attached hydrogens (tertiary/aromatic N) is 4. The molecule has 4 nitrogen and oxygen atoms in total. The van der Waals surface area contributed by atoms with Crippen molar-refractivity contribution in [3.05, 3.63) is 182 Å². The Bertz CT molecular complexity index is 2130. The van der Waals surface area contributed by atoms with Crippen LogP contribution in [0.5, 0.6) is 0 Å². The zero-order valence-electron chi connectivity index (χ0n) is 26.7. The lowest BCUT2D eigenvalue weighted by molar-refractivity contribution is 1.18. The molecule has 0 aliphatic rings. The molecule has 3 radical (unpaired) electrons. The van der Waals surface area contributed by atoms with E-state index in [1.165, 1.54) is 0 Å². The fraction of sp³-hybridized carbons (Fsp3) is 0. The zero-order valence-corrected chi connectivity index (χ0v) is 26.7. The van der Waals surface area contributed by atoms with Crippen molar-refractivity contribution in [2.24, 2.45) is 0 Å². The molecule has 8 aromatic rings. The van der Waals surface area contributed by atoms with Crippen molar-refractivity contribution < 1.29 is 0 Å². The molecular weight excluding hydrogens is 595 g/mol. The Kier molecular flexibility index (Phi) is 8.98. The molecule has 0 bridgehead atoms. The van der Waals surface area contributed by atoms with E-state index in [0.29, 0.717) is 5.82 Å². The summed E-state index contributed by atoms with van der Waals surface area (Å²) in [4.78, 5) is 19.4. The fourth-order valence-electron chi connectivity index (χ4n) is 5.91. The summed E-state index contributed by atoms with van der Waals surface area (Å²) >= 11 is 0. The average Bonchev–Trinajstić information content (AvgIpc) is 3.19. The first-order valence-corrected chi connectivity index (χ1v) is 16.0. The first-order chi connectivity index (χ1) is 23.8. The van der Waals surface area contributed by atoms with E-state index in [9.17, 15) is 0 Å². The van der Waals surface area contributed by atoms with Gasteiger partial charge in [0.25, 0.3) is 0 Å². The molecule has 5 aromatic carbocycles. The molecule has 5 heteroatoms. The Balaban J connectivity index is 0.00000378. The number of pyridine rings is 2. The van der Waals surface area contributed by atoms with Gasteiger partial charge in [-0.2, -0.15) is 0 Å². The van der Waals surface area contributed by atoms with Crippen LogP contribution >= 0.6 is 0 Å². The number of aromatic nitrogens is 4. The van der Waals surface area contributed by atoms with Crippen molar-refractivity contribution in [1.29, 1.82) is 0 Å². The van der Waals surface area contributed by atoms with Gasteiger partial charge in [0.2, 0.25) is 0 Å². The number of hydrogen-bond acceptors (Lipinski definition) is 4. The van der Waals surface area contributed by atoms with Gasteiger partial charge >= 0.3 is 0 Å². The third kappa shape index (κ3) is 6.83. The van der Waals surface area contributed by atoms with Gasteiger partial charge in [-0.1, -0.05) is 121 Å². The monoisotopic (exact) mass is 625 g/mol. The van der Waals surface area contributed by atoms with Gasteiger partial charge in [-0.25, -0.2) is 9.97 Å². The van der Waals surface area contributed by atoms with Crippen molar-refractivity contribution in [3.63, 3.8) is 0 Å². The quantitative estimate of drug-likeness (QED) is 0.165. The van der Waals surface area contributed by atoms with E-state index in [0.717, 1.165) is 72.8 Å². The lowest BCUT2D eigenvalue weighted by atomic mass is 9.94. The largest absolute Gasteiger partial charge is 0.256 e. The zero-order chi connectivity index (χ0) is 32.1. The van der Waals surface area contributed by atoms with Crippen LogP contribution in [0.25, 0.3) is 78.7 Å². The van der Waals surface area contributed by atoms with E-state index in [2.05, 4.69) is 107 Å². The number of rotatable bonds is 7. The average molecular weight is 626 g/mol. The molecule has 3 heterocycles. The first kappa shape index (κ1) is 31.2. The summed E-state index contributed by atoms with van der Waals surface area (Å²) in [6.45, 7) is 0. The molecule has 0 aliphatic carbocycles. The van der Waals surface area contributed by atoms with Gasteiger partial charge in [0, 0.05) is 48.6 Å². The third-order valence-corrected chi connectivity index (χ3v) is 8.41. The van der Waals surface area contributed by atoms with Crippen LogP contribution in [-0.2, 0) is 0 Å². The van der Waals surface area contributed by atoms with Crippen LogP contribution in [0.15, 0.2) is 182 Å². The van der Waals surface area contributed by atoms with Crippen molar-refractivity contribution >= 4 is 8.41 Å². The summed E-state index contributed by atoms with van der Waals surface area (Å²) in [6, 6.07) is 58.4. The summed E-state index contributed by atoms with van der Waals surface area (Å²) in [7, 11) is 0. The van der Waals surface area contributed by atoms with Crippen LogP contribution in [0.4, 0.5) is 0 Å². The second-order valence-corrected chi connectivity index (χ2v) is 11.6. The minimum Gasteiger partial charge on any atom is -0.256 e. The summed E-state index contributed by atoms with van der Waals surface area (Å²) in [5, 5.41) is 0. The molecular formula is C44H30BN4. The van der Waals surface area contributed by atoms with Crippen LogP contribution in [0.3, 0.4) is 0 Å². The Morgan fingerprint density at radius 1 is 0.265 bits per heavy atom. The number of hydrogen-bond donors (Lipinski definition) is 0. The minimum absolute atomic E-state index is 0. The van der Waals surface area contributed by atoms with E-state index in [1.807, 2.05) is 85.2 Å². The predicted octanol–water partition coefficient (Wildman–Crippen LogP) is 10.6. The van der Waals surface area contributed by atoms with E-state index in [4.69, 9.17) is 9.97 Å². The molecule has 0 unspecified atom stereocenters. The molecule has 0 N–H and O–H groups in total. The third-order valence-electron chi connectivity index (χ3n) is 8.41. The second-order valence-electron chi connectivity index (χ2n) is 11.6. The van der Waals surface area contributed by atoms with Crippen LogP contribution in [0.2, 0.25) is 0 Å². The molecule has 0 aliphatic heterocycles. The molecule has 49 heavy (non-hydrogen) atoms. The Labute approximate surface area is 288 Å². The van der Waals surface area contributed by atoms with Crippen LogP contribution < -0.4 is 0 Å². The molecule has 0 fully saturated rings. The molecule has 0 spiro atoms. The first-order valence-electron chi connectivity index (χ1n) is 16.0. The highest BCUT2D eigenvalue weighted by Gasteiger charge is 2.14. The maximum atomic E-state index is 5.15. The summed E-state index contributed by atoms with van der Waals surface area (Å²) in [5.74, 6) is 0.675. The van der Waals surface area contributed by atoms with Crippen LogP contribution in [0.1, 0.15) is 0 Å². The van der Waals surface area contributed by atoms with Crippen molar-refractivity contribution in [3.8, 4) is 78.7 Å². The summed E-state index contributed by atoms with van der Waals surface area (Å²) in [6.07, 6.45) is 3.65. The Hall–Kier alpha value is -6.46. The fourth-order valence-corrected chi connectivity index (χ4v) is 5.91. The topological polar surface area (TPSA) is 51.6 Å². The van der Waals surface area contributed by atoms with Crippen LogP contribution in [0, 0.1) is 0 Å². The molecule has 229 valence electrons. The van der Waals surface area contributed by atoms with Gasteiger partial charge in [0.1, 0.15) is 0 Å².